The smallest absolute Gasteiger partial charge is 0.305 e. The van der Waals surface area contributed by atoms with Crippen molar-refractivity contribution in [1.29, 1.82) is 0 Å². The summed E-state index contributed by atoms with van der Waals surface area (Å²) >= 11 is 0. The third-order valence-electron chi connectivity index (χ3n) is 5.91. The van der Waals surface area contributed by atoms with Crippen molar-refractivity contribution < 1.29 is 19.4 Å². The summed E-state index contributed by atoms with van der Waals surface area (Å²) in [4.78, 5) is 23.4. The fraction of sp³-hybridized carbons (Fsp3) is 0.652. The van der Waals surface area contributed by atoms with Crippen LogP contribution in [0.4, 0.5) is 0 Å². The van der Waals surface area contributed by atoms with Crippen LogP contribution in [0, 0.1) is 35.5 Å². The van der Waals surface area contributed by atoms with Crippen LogP contribution in [0.25, 0.3) is 0 Å². The second kappa shape index (κ2) is 10.5. The van der Waals surface area contributed by atoms with Gasteiger partial charge in [-0.25, -0.2) is 0 Å². The first-order valence-corrected chi connectivity index (χ1v) is 10.0. The largest absolute Gasteiger partial charge is 0.469 e. The van der Waals surface area contributed by atoms with Gasteiger partial charge in [0, 0.05) is 24.7 Å². The van der Waals surface area contributed by atoms with Crippen LogP contribution in [0.15, 0.2) is 23.8 Å². The number of unbranched alkanes of at least 4 members (excludes halogenated alkanes) is 1. The number of ketones is 1. The molecule has 0 aromatic carbocycles. The summed E-state index contributed by atoms with van der Waals surface area (Å²) in [5.41, 5.74) is 1.43. The van der Waals surface area contributed by atoms with E-state index >= 15 is 0 Å². The fourth-order valence-corrected chi connectivity index (χ4v) is 4.32. The Morgan fingerprint density at radius 1 is 1.37 bits per heavy atom. The molecule has 4 heteroatoms. The van der Waals surface area contributed by atoms with Crippen LogP contribution in [0.3, 0.4) is 0 Å². The molecule has 148 valence electrons. The molecule has 2 aliphatic rings. The number of methoxy groups -OCH3 is 1. The van der Waals surface area contributed by atoms with Gasteiger partial charge in [-0.2, -0.15) is 0 Å². The van der Waals surface area contributed by atoms with Gasteiger partial charge < -0.3 is 9.84 Å². The van der Waals surface area contributed by atoms with Crippen molar-refractivity contribution in [2.24, 2.45) is 23.7 Å². The highest BCUT2D eigenvalue weighted by Crippen LogP contribution is 2.50. The van der Waals surface area contributed by atoms with Crippen molar-refractivity contribution in [3.05, 3.63) is 23.8 Å². The molecular formula is C23H32O4. The van der Waals surface area contributed by atoms with Crippen molar-refractivity contribution >= 4 is 11.8 Å². The van der Waals surface area contributed by atoms with Gasteiger partial charge in [-0.15, -0.1) is 11.8 Å². The molecule has 1 N–H and O–H groups in total. The highest BCUT2D eigenvalue weighted by molar-refractivity contribution is 5.91. The van der Waals surface area contributed by atoms with Crippen LogP contribution in [-0.2, 0) is 14.3 Å². The van der Waals surface area contributed by atoms with Gasteiger partial charge in [0.1, 0.15) is 0 Å². The predicted octanol–water partition coefficient (Wildman–Crippen LogP) is 3.84. The van der Waals surface area contributed by atoms with Crippen molar-refractivity contribution in [2.45, 2.75) is 64.9 Å². The van der Waals surface area contributed by atoms with Crippen molar-refractivity contribution in [3.63, 3.8) is 0 Å². The van der Waals surface area contributed by atoms with E-state index in [-0.39, 0.29) is 29.7 Å². The molecule has 2 saturated carbocycles. The third-order valence-corrected chi connectivity index (χ3v) is 5.91. The molecule has 0 amide bonds. The number of ether oxygens (including phenoxy) is 1. The van der Waals surface area contributed by atoms with Gasteiger partial charge in [0.15, 0.2) is 5.78 Å². The molecule has 27 heavy (non-hydrogen) atoms. The molecule has 0 heterocycles. The van der Waals surface area contributed by atoms with Crippen LogP contribution >= 0.6 is 0 Å². The Morgan fingerprint density at radius 3 is 2.85 bits per heavy atom. The van der Waals surface area contributed by atoms with E-state index in [1.807, 2.05) is 13.0 Å². The van der Waals surface area contributed by atoms with E-state index in [1.54, 1.807) is 13.0 Å². The Labute approximate surface area is 163 Å². The van der Waals surface area contributed by atoms with Gasteiger partial charge in [-0.1, -0.05) is 24.6 Å². The molecule has 2 aliphatic carbocycles. The van der Waals surface area contributed by atoms with Gasteiger partial charge >= 0.3 is 5.97 Å². The number of carbonyl (C=O) groups is 2. The molecule has 0 radical (unpaired) electrons. The molecule has 0 spiro atoms. The molecule has 0 aromatic rings. The summed E-state index contributed by atoms with van der Waals surface area (Å²) in [6.07, 6.45) is 11.1. The average molecular weight is 373 g/mol. The number of allylic oxidation sites excluding steroid dienone is 3. The topological polar surface area (TPSA) is 63.6 Å². The summed E-state index contributed by atoms with van der Waals surface area (Å²) in [6, 6.07) is 0. The second-order valence-corrected chi connectivity index (χ2v) is 7.84. The normalized spacial score (nSPS) is 29.4. The molecule has 0 saturated heterocycles. The number of aliphatic hydroxyl groups excluding tert-OH is 1. The van der Waals surface area contributed by atoms with E-state index in [4.69, 9.17) is 0 Å². The summed E-state index contributed by atoms with van der Waals surface area (Å²) in [6.45, 7) is 3.68. The Bertz CT molecular complexity index is 649. The number of hydrogen-bond acceptors (Lipinski definition) is 4. The molecule has 0 bridgehead atoms. The summed E-state index contributed by atoms with van der Waals surface area (Å²) in [5.74, 6) is 6.59. The molecule has 2 rings (SSSR count). The van der Waals surface area contributed by atoms with Crippen LogP contribution in [0.5, 0.6) is 0 Å². The summed E-state index contributed by atoms with van der Waals surface area (Å²) < 4.78 is 4.66. The Morgan fingerprint density at radius 2 is 2.15 bits per heavy atom. The van der Waals surface area contributed by atoms with Gasteiger partial charge in [0.05, 0.1) is 13.2 Å². The number of rotatable bonds is 8. The van der Waals surface area contributed by atoms with E-state index in [1.165, 1.54) is 12.7 Å². The van der Waals surface area contributed by atoms with E-state index in [9.17, 15) is 14.7 Å². The molecule has 0 aliphatic heterocycles. The number of fused-ring (bicyclic) bond motifs is 1. The zero-order valence-electron chi connectivity index (χ0n) is 16.7. The van der Waals surface area contributed by atoms with E-state index in [2.05, 4.69) is 22.7 Å². The van der Waals surface area contributed by atoms with Crippen LogP contribution in [0.2, 0.25) is 0 Å². The lowest BCUT2D eigenvalue weighted by Crippen LogP contribution is -2.17. The lowest BCUT2D eigenvalue weighted by Gasteiger charge is -2.17. The van der Waals surface area contributed by atoms with Gasteiger partial charge in [0.2, 0.25) is 0 Å². The first-order chi connectivity index (χ1) is 13.0. The van der Waals surface area contributed by atoms with Crippen LogP contribution in [0.1, 0.15) is 58.8 Å². The zero-order valence-corrected chi connectivity index (χ0v) is 16.7. The molecule has 5 atom stereocenters. The number of aliphatic hydroxyl groups is 1. The lowest BCUT2D eigenvalue weighted by atomic mass is 9.89. The van der Waals surface area contributed by atoms with E-state index < -0.39 is 0 Å². The van der Waals surface area contributed by atoms with E-state index in [0.717, 1.165) is 32.1 Å². The number of hydrogen-bond donors (Lipinski definition) is 1. The summed E-state index contributed by atoms with van der Waals surface area (Å²) in [5, 5.41) is 10.4. The molecule has 2 unspecified atom stereocenters. The minimum atomic E-state index is -0.351. The SMILES string of the molecule is CC#CCC(C)C(=O)/C=C/[C@H]1[C@H](O)CC2C/C(=C\CCCC(=O)OC)C[C@@H]21. The standard InChI is InChI=1S/C23H32O4/c1-4-5-8-16(2)21(24)12-11-19-20-14-17(13-18(20)15-22(19)25)9-6-7-10-23(26)27-3/h9,11-12,16,18-20,22,25H,6-8,10,13-15H2,1-3H3/b12-11+,17-9+/t16?,18?,19-,20+,22-/m1/s1. The van der Waals surface area contributed by atoms with Crippen LogP contribution < -0.4 is 0 Å². The van der Waals surface area contributed by atoms with Crippen molar-refractivity contribution in [1.82, 2.24) is 0 Å². The quantitative estimate of drug-likeness (QED) is 0.231. The number of esters is 1. The van der Waals surface area contributed by atoms with Gasteiger partial charge in [-0.05, 0) is 56.9 Å². The van der Waals surface area contributed by atoms with Crippen molar-refractivity contribution in [3.8, 4) is 11.8 Å². The molecular weight excluding hydrogens is 340 g/mol. The highest BCUT2D eigenvalue weighted by Gasteiger charge is 2.44. The lowest BCUT2D eigenvalue weighted by molar-refractivity contribution is -0.140. The summed E-state index contributed by atoms with van der Waals surface area (Å²) in [7, 11) is 1.42. The number of carbonyl (C=O) groups excluding carboxylic acids is 2. The predicted molar refractivity (Wildman–Crippen MR) is 106 cm³/mol. The first kappa shape index (κ1) is 21.4. The first-order valence-electron chi connectivity index (χ1n) is 10.0. The van der Waals surface area contributed by atoms with Crippen LogP contribution in [-0.4, -0.2) is 30.1 Å². The maximum Gasteiger partial charge on any atom is 0.305 e. The fourth-order valence-electron chi connectivity index (χ4n) is 4.32. The second-order valence-electron chi connectivity index (χ2n) is 7.84. The maximum atomic E-state index is 12.2. The zero-order chi connectivity index (χ0) is 19.8. The Kier molecular flexibility index (Phi) is 8.31. The molecule has 2 fully saturated rings. The molecule has 0 aromatic heterocycles. The molecule has 4 nitrogen and oxygen atoms in total. The van der Waals surface area contributed by atoms with Gasteiger partial charge in [-0.3, -0.25) is 9.59 Å². The third kappa shape index (κ3) is 6.07. The van der Waals surface area contributed by atoms with Gasteiger partial charge in [0.25, 0.3) is 0 Å². The highest BCUT2D eigenvalue weighted by atomic mass is 16.5. The monoisotopic (exact) mass is 372 g/mol. The Hall–Kier alpha value is -1.86. The Balaban J connectivity index is 1.88. The van der Waals surface area contributed by atoms with E-state index in [0.29, 0.717) is 24.7 Å². The minimum absolute atomic E-state index is 0.0596. The maximum absolute atomic E-state index is 12.2. The minimum Gasteiger partial charge on any atom is -0.469 e. The van der Waals surface area contributed by atoms with Crippen molar-refractivity contribution in [2.75, 3.05) is 7.11 Å². The average Bonchev–Trinajstić information content (AvgIpc) is 3.17.